The van der Waals surface area contributed by atoms with Crippen LogP contribution in [0.4, 0.5) is 4.39 Å². The molecule has 2 aliphatic rings. The third kappa shape index (κ3) is 5.30. The van der Waals surface area contributed by atoms with E-state index < -0.39 is 11.0 Å². The molecule has 1 amide bonds. The van der Waals surface area contributed by atoms with Gasteiger partial charge in [-0.15, -0.1) is 0 Å². The summed E-state index contributed by atoms with van der Waals surface area (Å²) in [6.45, 7) is 8.66. The Balaban J connectivity index is 1.38. The van der Waals surface area contributed by atoms with Crippen molar-refractivity contribution in [3.8, 4) is 0 Å². The molecule has 184 valence electrons. The number of carbonyl (C=O) groups is 1. The van der Waals surface area contributed by atoms with Crippen molar-refractivity contribution >= 4 is 17.5 Å². The van der Waals surface area contributed by atoms with Crippen LogP contribution in [-0.4, -0.2) is 65.7 Å². The van der Waals surface area contributed by atoms with Crippen molar-refractivity contribution in [1.82, 2.24) is 9.80 Å². The van der Waals surface area contributed by atoms with Crippen LogP contribution in [0.5, 0.6) is 0 Å². The van der Waals surface area contributed by atoms with Crippen LogP contribution in [0.2, 0.25) is 5.02 Å². The Hall–Kier alpha value is -1.99. The second-order valence-electron chi connectivity index (χ2n) is 10.4. The third-order valence-electron chi connectivity index (χ3n) is 7.41. The van der Waals surface area contributed by atoms with Gasteiger partial charge in [-0.3, -0.25) is 9.69 Å². The van der Waals surface area contributed by atoms with E-state index in [1.807, 2.05) is 49.9 Å². The fourth-order valence-corrected chi connectivity index (χ4v) is 5.40. The summed E-state index contributed by atoms with van der Waals surface area (Å²) < 4.78 is 19.2. The van der Waals surface area contributed by atoms with E-state index in [2.05, 4.69) is 4.90 Å². The normalized spacial score (nSPS) is 27.5. The second-order valence-corrected chi connectivity index (χ2v) is 10.8. The van der Waals surface area contributed by atoms with Gasteiger partial charge in [-0.25, -0.2) is 4.39 Å². The molecule has 7 heteroatoms. The van der Waals surface area contributed by atoms with Crippen LogP contribution in [0.15, 0.2) is 48.5 Å². The number of aliphatic hydroxyl groups is 1. The molecule has 2 heterocycles. The van der Waals surface area contributed by atoms with Crippen LogP contribution < -0.4 is 0 Å². The first-order valence-electron chi connectivity index (χ1n) is 11.9. The first kappa shape index (κ1) is 25.1. The fourth-order valence-electron chi connectivity index (χ4n) is 5.28. The molecule has 1 N–H and O–H groups in total. The van der Waals surface area contributed by atoms with Gasteiger partial charge in [0.2, 0.25) is 5.91 Å². The van der Waals surface area contributed by atoms with Gasteiger partial charge in [-0.05, 0) is 48.7 Å². The van der Waals surface area contributed by atoms with Gasteiger partial charge in [0.15, 0.2) is 0 Å². The third-order valence-corrected chi connectivity index (χ3v) is 7.66. The van der Waals surface area contributed by atoms with E-state index in [0.717, 1.165) is 11.1 Å². The van der Waals surface area contributed by atoms with Crippen molar-refractivity contribution in [3.63, 3.8) is 0 Å². The molecule has 0 radical (unpaired) electrons. The summed E-state index contributed by atoms with van der Waals surface area (Å²) in [4.78, 5) is 17.4. The summed E-state index contributed by atoms with van der Waals surface area (Å²) in [7, 11) is 0. The Bertz CT molecular complexity index is 998. The lowest BCUT2D eigenvalue weighted by atomic mass is 9.66. The molecule has 0 aliphatic carbocycles. The van der Waals surface area contributed by atoms with Gasteiger partial charge in [0.05, 0.1) is 30.9 Å². The van der Waals surface area contributed by atoms with Crippen molar-refractivity contribution in [1.29, 1.82) is 0 Å². The van der Waals surface area contributed by atoms with Crippen LogP contribution in [0.25, 0.3) is 0 Å². The predicted molar refractivity (Wildman–Crippen MR) is 131 cm³/mol. The topological polar surface area (TPSA) is 53.0 Å². The molecule has 0 aromatic heterocycles. The van der Waals surface area contributed by atoms with Gasteiger partial charge in [0.25, 0.3) is 0 Å². The van der Waals surface area contributed by atoms with Crippen LogP contribution in [0.1, 0.15) is 38.3 Å². The Kier molecular flexibility index (Phi) is 7.34. The van der Waals surface area contributed by atoms with Crippen molar-refractivity contribution in [2.75, 3.05) is 32.8 Å². The average molecular weight is 489 g/mol. The maximum atomic E-state index is 13.3. The number of morpholine rings is 1. The zero-order chi connectivity index (χ0) is 24.5. The highest BCUT2D eigenvalue weighted by Crippen LogP contribution is 2.46. The number of rotatable bonds is 5. The van der Waals surface area contributed by atoms with Gasteiger partial charge >= 0.3 is 0 Å². The van der Waals surface area contributed by atoms with Gasteiger partial charge in [-0.1, -0.05) is 49.7 Å². The molecule has 34 heavy (non-hydrogen) atoms. The number of carbonyl (C=O) groups excluding carboxylic acids is 1. The quantitative estimate of drug-likeness (QED) is 0.683. The van der Waals surface area contributed by atoms with E-state index in [4.69, 9.17) is 16.3 Å². The predicted octanol–water partition coefficient (Wildman–Crippen LogP) is 4.26. The number of ether oxygens (including phenoxy) is 1. The van der Waals surface area contributed by atoms with Crippen molar-refractivity contribution in [2.24, 2.45) is 5.41 Å². The number of amides is 1. The molecule has 4 rings (SSSR count). The maximum absolute atomic E-state index is 13.3. The summed E-state index contributed by atoms with van der Waals surface area (Å²) in [5, 5.41) is 12.2. The minimum absolute atomic E-state index is 0.000711. The van der Waals surface area contributed by atoms with E-state index >= 15 is 0 Å². The van der Waals surface area contributed by atoms with E-state index in [9.17, 15) is 14.3 Å². The molecule has 2 aromatic rings. The Morgan fingerprint density at radius 3 is 2.50 bits per heavy atom. The maximum Gasteiger partial charge on any atom is 0.237 e. The van der Waals surface area contributed by atoms with E-state index in [1.54, 1.807) is 12.1 Å². The summed E-state index contributed by atoms with van der Waals surface area (Å²) in [5.41, 5.74) is 0.427. The van der Waals surface area contributed by atoms with Gasteiger partial charge in [0.1, 0.15) is 5.82 Å². The SMILES string of the molecule is C[C@H]1CO[C@H](Cc2ccc(F)cc2)CN1C(=O)CN1CC[C@](O)(c2ccc(Cl)cc2)C(C)(C)C1. The molecule has 2 aromatic carbocycles. The smallest absolute Gasteiger partial charge is 0.237 e. The molecular formula is C27H34ClFN2O3. The molecular weight excluding hydrogens is 455 g/mol. The zero-order valence-corrected chi connectivity index (χ0v) is 20.9. The molecule has 2 saturated heterocycles. The summed E-state index contributed by atoms with van der Waals surface area (Å²) in [6.07, 6.45) is 1.07. The van der Waals surface area contributed by atoms with Gasteiger partial charge < -0.3 is 14.7 Å². The Morgan fingerprint density at radius 1 is 1.18 bits per heavy atom. The Morgan fingerprint density at radius 2 is 1.85 bits per heavy atom. The van der Waals surface area contributed by atoms with Crippen LogP contribution in [0.3, 0.4) is 0 Å². The van der Waals surface area contributed by atoms with E-state index in [1.165, 1.54) is 12.1 Å². The van der Waals surface area contributed by atoms with Crippen LogP contribution in [-0.2, 0) is 21.6 Å². The average Bonchev–Trinajstić information content (AvgIpc) is 2.79. The zero-order valence-electron chi connectivity index (χ0n) is 20.1. The fraction of sp³-hybridized carbons (Fsp3) is 0.519. The molecule has 3 atom stereocenters. The highest BCUT2D eigenvalue weighted by Gasteiger charge is 2.49. The molecule has 2 aliphatic heterocycles. The standard InChI is InChI=1S/C27H34ClFN2O3/c1-19-17-34-24(14-20-4-10-23(29)11-5-20)15-31(19)25(32)16-30-13-12-27(33,26(2,3)18-30)21-6-8-22(28)9-7-21/h4-11,19,24,33H,12-18H2,1-3H3/t19-,24+,27-/m0/s1. The Labute approximate surface area is 206 Å². The molecule has 2 fully saturated rings. The first-order valence-corrected chi connectivity index (χ1v) is 12.3. The van der Waals surface area contributed by atoms with Crippen molar-refractivity contribution in [2.45, 2.75) is 51.4 Å². The largest absolute Gasteiger partial charge is 0.385 e. The van der Waals surface area contributed by atoms with Crippen LogP contribution in [0, 0.1) is 11.2 Å². The summed E-state index contributed by atoms with van der Waals surface area (Å²) >= 11 is 6.04. The number of benzene rings is 2. The molecule has 5 nitrogen and oxygen atoms in total. The lowest BCUT2D eigenvalue weighted by Gasteiger charge is -2.51. The number of piperidine rings is 1. The van der Waals surface area contributed by atoms with Crippen molar-refractivity contribution in [3.05, 3.63) is 70.5 Å². The molecule has 0 unspecified atom stereocenters. The first-order chi connectivity index (χ1) is 16.1. The number of hydrogen-bond donors (Lipinski definition) is 1. The van der Waals surface area contributed by atoms with Crippen molar-refractivity contribution < 1.29 is 19.0 Å². The number of likely N-dealkylation sites (tertiary alicyclic amines) is 1. The molecule has 0 spiro atoms. The van der Waals surface area contributed by atoms with Crippen LogP contribution >= 0.6 is 11.6 Å². The monoisotopic (exact) mass is 488 g/mol. The number of hydrogen-bond acceptors (Lipinski definition) is 4. The number of nitrogens with zero attached hydrogens (tertiary/aromatic N) is 2. The van der Waals surface area contributed by atoms with Gasteiger partial charge in [0, 0.05) is 36.5 Å². The van der Waals surface area contributed by atoms with E-state index in [-0.39, 0.29) is 23.9 Å². The summed E-state index contributed by atoms with van der Waals surface area (Å²) in [5.74, 6) is -0.182. The molecule has 0 saturated carbocycles. The summed E-state index contributed by atoms with van der Waals surface area (Å²) in [6, 6.07) is 13.8. The molecule has 0 bridgehead atoms. The minimum atomic E-state index is -0.982. The van der Waals surface area contributed by atoms with Gasteiger partial charge in [-0.2, -0.15) is 0 Å². The lowest BCUT2D eigenvalue weighted by molar-refractivity contribution is -0.152. The van der Waals surface area contributed by atoms with E-state index in [0.29, 0.717) is 50.7 Å². The second kappa shape index (κ2) is 9.94. The minimum Gasteiger partial charge on any atom is -0.385 e. The lowest BCUT2D eigenvalue weighted by Crippen LogP contribution is -2.58. The highest BCUT2D eigenvalue weighted by atomic mass is 35.5. The highest BCUT2D eigenvalue weighted by molar-refractivity contribution is 6.30. The number of halogens is 2.